The zero-order chi connectivity index (χ0) is 13.0. The lowest BCUT2D eigenvalue weighted by atomic mass is 10.0. The Balaban J connectivity index is 3.45. The molecule has 1 aromatic carbocycles. The summed E-state index contributed by atoms with van der Waals surface area (Å²) in [5.41, 5.74) is 0.284. The number of nitro groups is 1. The SMILES string of the molecule is COC(=O)c1cc(Cl)cc([N+](=O)[O-])c1CCBr. The highest BCUT2D eigenvalue weighted by atomic mass is 79.9. The van der Waals surface area contributed by atoms with E-state index in [9.17, 15) is 14.9 Å². The van der Waals surface area contributed by atoms with Crippen molar-refractivity contribution in [3.05, 3.63) is 38.4 Å². The number of alkyl halides is 1. The van der Waals surface area contributed by atoms with Crippen molar-refractivity contribution < 1.29 is 14.5 Å². The maximum atomic E-state index is 11.5. The van der Waals surface area contributed by atoms with Crippen LogP contribution in [0.2, 0.25) is 5.02 Å². The molecule has 0 aromatic heterocycles. The smallest absolute Gasteiger partial charge is 0.338 e. The lowest BCUT2D eigenvalue weighted by molar-refractivity contribution is -0.385. The van der Waals surface area contributed by atoms with Crippen molar-refractivity contribution >= 4 is 39.2 Å². The number of methoxy groups -OCH3 is 1. The summed E-state index contributed by atoms with van der Waals surface area (Å²) < 4.78 is 4.58. The van der Waals surface area contributed by atoms with Gasteiger partial charge in [0.05, 0.1) is 17.6 Å². The van der Waals surface area contributed by atoms with Gasteiger partial charge in [-0.15, -0.1) is 0 Å². The van der Waals surface area contributed by atoms with Gasteiger partial charge in [0.25, 0.3) is 5.69 Å². The van der Waals surface area contributed by atoms with Crippen LogP contribution >= 0.6 is 27.5 Å². The van der Waals surface area contributed by atoms with Crippen molar-refractivity contribution in [2.24, 2.45) is 0 Å². The van der Waals surface area contributed by atoms with E-state index in [4.69, 9.17) is 11.6 Å². The first-order chi connectivity index (χ1) is 8.01. The number of nitro benzene ring substituents is 1. The number of hydrogen-bond acceptors (Lipinski definition) is 4. The molecule has 1 rings (SSSR count). The minimum Gasteiger partial charge on any atom is -0.465 e. The van der Waals surface area contributed by atoms with Gasteiger partial charge >= 0.3 is 5.97 Å². The fraction of sp³-hybridized carbons (Fsp3) is 0.300. The first-order valence-electron chi connectivity index (χ1n) is 4.62. The quantitative estimate of drug-likeness (QED) is 0.370. The van der Waals surface area contributed by atoms with Gasteiger partial charge in [-0.25, -0.2) is 4.79 Å². The molecular weight excluding hydrogens is 313 g/mol. The molecule has 0 saturated heterocycles. The largest absolute Gasteiger partial charge is 0.465 e. The molecule has 0 aliphatic heterocycles. The van der Waals surface area contributed by atoms with Gasteiger partial charge in [0.15, 0.2) is 0 Å². The summed E-state index contributed by atoms with van der Waals surface area (Å²) in [5.74, 6) is -0.633. The summed E-state index contributed by atoms with van der Waals surface area (Å²) in [6.45, 7) is 0. The summed E-state index contributed by atoms with van der Waals surface area (Å²) in [6, 6.07) is 2.60. The average molecular weight is 323 g/mol. The number of carbonyl (C=O) groups excluding carboxylic acids is 1. The third kappa shape index (κ3) is 3.17. The molecule has 0 heterocycles. The number of nitrogens with zero attached hydrogens (tertiary/aromatic N) is 1. The molecule has 0 aliphatic rings. The van der Waals surface area contributed by atoms with E-state index < -0.39 is 10.9 Å². The molecule has 0 amide bonds. The lowest BCUT2D eigenvalue weighted by Gasteiger charge is -2.08. The van der Waals surface area contributed by atoms with Gasteiger partial charge in [-0.05, 0) is 12.5 Å². The van der Waals surface area contributed by atoms with Crippen molar-refractivity contribution in [3.8, 4) is 0 Å². The van der Waals surface area contributed by atoms with Gasteiger partial charge in [0.2, 0.25) is 0 Å². The molecule has 7 heteroatoms. The summed E-state index contributed by atoms with van der Waals surface area (Å²) in [7, 11) is 1.22. The normalized spacial score (nSPS) is 10.1. The van der Waals surface area contributed by atoms with E-state index in [2.05, 4.69) is 20.7 Å². The Morgan fingerprint density at radius 2 is 2.24 bits per heavy atom. The van der Waals surface area contributed by atoms with E-state index in [0.717, 1.165) is 0 Å². The highest BCUT2D eigenvalue weighted by Crippen LogP contribution is 2.28. The lowest BCUT2D eigenvalue weighted by Crippen LogP contribution is -2.09. The third-order valence-corrected chi connectivity index (χ3v) is 2.75. The Bertz CT molecular complexity index is 464. The number of rotatable bonds is 4. The molecule has 0 saturated carbocycles. The molecule has 17 heavy (non-hydrogen) atoms. The van der Waals surface area contributed by atoms with Crippen LogP contribution in [0.1, 0.15) is 15.9 Å². The second-order valence-electron chi connectivity index (χ2n) is 3.14. The van der Waals surface area contributed by atoms with Crippen LogP contribution in [-0.4, -0.2) is 23.3 Å². The molecule has 0 bridgehead atoms. The zero-order valence-electron chi connectivity index (χ0n) is 8.91. The molecule has 0 spiro atoms. The van der Waals surface area contributed by atoms with Crippen LogP contribution in [0.15, 0.2) is 12.1 Å². The van der Waals surface area contributed by atoms with Gasteiger partial charge in [0.1, 0.15) is 0 Å². The molecule has 1 aromatic rings. The molecule has 0 unspecified atom stereocenters. The number of benzene rings is 1. The topological polar surface area (TPSA) is 69.4 Å². The number of hydrogen-bond donors (Lipinski definition) is 0. The van der Waals surface area contributed by atoms with E-state index in [0.29, 0.717) is 17.3 Å². The summed E-state index contributed by atoms with van der Waals surface area (Å²) in [5, 5.41) is 11.5. The number of esters is 1. The van der Waals surface area contributed by atoms with Crippen LogP contribution < -0.4 is 0 Å². The standard InChI is InChI=1S/C10H9BrClNO4/c1-17-10(14)8-4-6(12)5-9(13(15)16)7(8)2-3-11/h4-5H,2-3H2,1H3. The molecule has 0 fully saturated rings. The first-order valence-corrected chi connectivity index (χ1v) is 6.12. The predicted octanol–water partition coefficient (Wildman–Crippen LogP) is 2.97. The second kappa shape index (κ2) is 5.97. The van der Waals surface area contributed by atoms with Crippen molar-refractivity contribution in [3.63, 3.8) is 0 Å². The van der Waals surface area contributed by atoms with Crippen LogP contribution in [0.25, 0.3) is 0 Å². The van der Waals surface area contributed by atoms with E-state index in [-0.39, 0.29) is 16.3 Å². The third-order valence-electron chi connectivity index (χ3n) is 2.14. The molecule has 0 aliphatic carbocycles. The average Bonchev–Trinajstić information content (AvgIpc) is 2.29. The van der Waals surface area contributed by atoms with Gasteiger partial charge in [0, 0.05) is 22.0 Å². The van der Waals surface area contributed by atoms with Crippen molar-refractivity contribution in [1.29, 1.82) is 0 Å². The van der Waals surface area contributed by atoms with Crippen LogP contribution in [0.3, 0.4) is 0 Å². The molecular formula is C10H9BrClNO4. The van der Waals surface area contributed by atoms with E-state index in [1.165, 1.54) is 19.2 Å². The highest BCUT2D eigenvalue weighted by Gasteiger charge is 2.23. The van der Waals surface area contributed by atoms with E-state index in [1.807, 2.05) is 0 Å². The van der Waals surface area contributed by atoms with Crippen molar-refractivity contribution in [2.45, 2.75) is 6.42 Å². The van der Waals surface area contributed by atoms with Crippen LogP contribution in [0.5, 0.6) is 0 Å². The van der Waals surface area contributed by atoms with Crippen molar-refractivity contribution in [2.75, 3.05) is 12.4 Å². The Morgan fingerprint density at radius 1 is 1.59 bits per heavy atom. The Kier molecular flexibility index (Phi) is 4.89. The van der Waals surface area contributed by atoms with Gasteiger partial charge < -0.3 is 4.74 Å². The summed E-state index contributed by atoms with van der Waals surface area (Å²) >= 11 is 8.93. The van der Waals surface area contributed by atoms with Gasteiger partial charge in [-0.1, -0.05) is 27.5 Å². The minimum atomic E-state index is -0.633. The maximum absolute atomic E-state index is 11.5. The van der Waals surface area contributed by atoms with Crippen LogP contribution in [0.4, 0.5) is 5.69 Å². The maximum Gasteiger partial charge on any atom is 0.338 e. The Morgan fingerprint density at radius 3 is 2.71 bits per heavy atom. The van der Waals surface area contributed by atoms with Crippen LogP contribution in [0, 0.1) is 10.1 Å². The number of ether oxygens (including phenoxy) is 1. The Hall–Kier alpha value is -1.14. The van der Waals surface area contributed by atoms with Crippen molar-refractivity contribution in [1.82, 2.24) is 0 Å². The second-order valence-corrected chi connectivity index (χ2v) is 4.37. The van der Waals surface area contributed by atoms with Gasteiger partial charge in [-0.3, -0.25) is 10.1 Å². The number of carbonyl (C=O) groups is 1. The fourth-order valence-corrected chi connectivity index (χ4v) is 2.04. The Labute approximate surface area is 111 Å². The summed E-state index contributed by atoms with van der Waals surface area (Å²) in [6.07, 6.45) is 0.345. The molecule has 92 valence electrons. The monoisotopic (exact) mass is 321 g/mol. The van der Waals surface area contributed by atoms with Gasteiger partial charge in [-0.2, -0.15) is 0 Å². The summed E-state index contributed by atoms with van der Waals surface area (Å²) in [4.78, 5) is 21.8. The minimum absolute atomic E-state index is 0.131. The number of halogens is 2. The first kappa shape index (κ1) is 13.9. The van der Waals surface area contributed by atoms with Crippen LogP contribution in [-0.2, 0) is 11.2 Å². The molecule has 0 radical (unpaired) electrons. The molecule has 0 N–H and O–H groups in total. The predicted molar refractivity (Wildman–Crippen MR) is 66.9 cm³/mol. The fourth-order valence-electron chi connectivity index (χ4n) is 1.43. The van der Waals surface area contributed by atoms with E-state index >= 15 is 0 Å². The molecule has 0 atom stereocenters. The van der Waals surface area contributed by atoms with E-state index in [1.54, 1.807) is 0 Å². The zero-order valence-corrected chi connectivity index (χ0v) is 11.2. The molecule has 5 nitrogen and oxygen atoms in total. The highest BCUT2D eigenvalue weighted by molar-refractivity contribution is 9.09.